The molecule has 4 rings (SSSR count). The van der Waals surface area contributed by atoms with Gasteiger partial charge in [0.1, 0.15) is 29.8 Å². The van der Waals surface area contributed by atoms with Gasteiger partial charge in [-0.05, 0) is 56.7 Å². The molecule has 7 nitrogen and oxygen atoms in total. The summed E-state index contributed by atoms with van der Waals surface area (Å²) >= 11 is 0. The van der Waals surface area contributed by atoms with Crippen LogP contribution in [0.25, 0.3) is 5.52 Å². The highest BCUT2D eigenvalue weighted by Crippen LogP contribution is 2.25. The molecule has 172 valence electrons. The topological polar surface area (TPSA) is 94.8 Å². The van der Waals surface area contributed by atoms with Crippen LogP contribution in [-0.2, 0) is 6.61 Å². The second kappa shape index (κ2) is 9.03. The lowest BCUT2D eigenvalue weighted by Gasteiger charge is -2.12. The van der Waals surface area contributed by atoms with Gasteiger partial charge < -0.3 is 20.2 Å². The summed E-state index contributed by atoms with van der Waals surface area (Å²) in [6.45, 7) is 5.20. The highest BCUT2D eigenvalue weighted by Gasteiger charge is 2.21. The molecule has 1 unspecified atom stereocenters. The molecule has 3 aromatic heterocycles. The lowest BCUT2D eigenvalue weighted by atomic mass is 10.1. The Morgan fingerprint density at radius 3 is 2.58 bits per heavy atom. The predicted molar refractivity (Wildman–Crippen MR) is 118 cm³/mol. The van der Waals surface area contributed by atoms with E-state index in [2.05, 4.69) is 10.4 Å². The van der Waals surface area contributed by atoms with Crippen LogP contribution >= 0.6 is 0 Å². The van der Waals surface area contributed by atoms with Crippen molar-refractivity contribution in [2.24, 2.45) is 5.73 Å². The standard InChI is InChI=1S/C24H24F2N4O3/c1-13-9-20-23(24(31)28-11-19(27)21-8-7-14(2)33-21)15(3)29-30(20)22(10-13)32-12-16-17(25)5-4-6-18(16)26/h4-10,19H,11-12,27H2,1-3H3,(H,28,31). The molecule has 0 bridgehead atoms. The fourth-order valence-corrected chi connectivity index (χ4v) is 3.60. The van der Waals surface area contributed by atoms with E-state index in [0.717, 1.165) is 11.3 Å². The number of nitrogens with zero attached hydrogens (tertiary/aromatic N) is 2. The van der Waals surface area contributed by atoms with Gasteiger partial charge in [-0.2, -0.15) is 9.61 Å². The fourth-order valence-electron chi connectivity index (χ4n) is 3.60. The molecule has 0 aliphatic rings. The third-order valence-electron chi connectivity index (χ3n) is 5.28. The average molecular weight is 454 g/mol. The minimum absolute atomic E-state index is 0.171. The van der Waals surface area contributed by atoms with Gasteiger partial charge in [0.15, 0.2) is 0 Å². The molecule has 0 saturated carbocycles. The van der Waals surface area contributed by atoms with E-state index in [0.29, 0.717) is 22.5 Å². The van der Waals surface area contributed by atoms with Gasteiger partial charge in [-0.15, -0.1) is 0 Å². The van der Waals surface area contributed by atoms with Crippen LogP contribution in [0.2, 0.25) is 0 Å². The van der Waals surface area contributed by atoms with E-state index in [9.17, 15) is 13.6 Å². The molecule has 4 aromatic rings. The van der Waals surface area contributed by atoms with Crippen LogP contribution in [0.4, 0.5) is 8.78 Å². The number of hydrogen-bond donors (Lipinski definition) is 2. The number of ether oxygens (including phenoxy) is 1. The summed E-state index contributed by atoms with van der Waals surface area (Å²) in [7, 11) is 0. The monoisotopic (exact) mass is 454 g/mol. The van der Waals surface area contributed by atoms with Crippen LogP contribution in [0.3, 0.4) is 0 Å². The summed E-state index contributed by atoms with van der Waals surface area (Å²) in [5.41, 5.74) is 8.08. The molecule has 0 fully saturated rings. The molecule has 0 saturated heterocycles. The number of benzene rings is 1. The number of aryl methyl sites for hydroxylation is 3. The summed E-state index contributed by atoms with van der Waals surface area (Å²) in [4.78, 5) is 13.0. The van der Waals surface area contributed by atoms with Crippen LogP contribution < -0.4 is 15.8 Å². The van der Waals surface area contributed by atoms with Gasteiger partial charge >= 0.3 is 0 Å². The quantitative estimate of drug-likeness (QED) is 0.438. The molecular weight excluding hydrogens is 430 g/mol. The SMILES string of the molecule is Cc1cc(OCc2c(F)cccc2F)n2nc(C)c(C(=O)NCC(N)c3ccc(C)o3)c2c1. The van der Waals surface area contributed by atoms with Crippen molar-refractivity contribution in [2.45, 2.75) is 33.4 Å². The van der Waals surface area contributed by atoms with E-state index < -0.39 is 17.7 Å². The maximum absolute atomic E-state index is 14.0. The van der Waals surface area contributed by atoms with Crippen molar-refractivity contribution in [1.29, 1.82) is 0 Å². The number of rotatable bonds is 7. The van der Waals surface area contributed by atoms with Crippen molar-refractivity contribution in [3.63, 3.8) is 0 Å². The Balaban J connectivity index is 1.58. The first-order valence-corrected chi connectivity index (χ1v) is 10.4. The van der Waals surface area contributed by atoms with Crippen molar-refractivity contribution in [3.05, 3.63) is 88.0 Å². The number of carbonyl (C=O) groups is 1. The van der Waals surface area contributed by atoms with Crippen molar-refractivity contribution in [2.75, 3.05) is 6.54 Å². The number of amides is 1. The van der Waals surface area contributed by atoms with Gasteiger partial charge in [-0.1, -0.05) is 6.07 Å². The van der Waals surface area contributed by atoms with Gasteiger partial charge in [-0.25, -0.2) is 8.78 Å². The van der Waals surface area contributed by atoms with E-state index in [1.54, 1.807) is 25.1 Å². The van der Waals surface area contributed by atoms with Crippen LogP contribution in [0, 0.1) is 32.4 Å². The smallest absolute Gasteiger partial charge is 0.255 e. The molecule has 1 atom stereocenters. The highest BCUT2D eigenvalue weighted by atomic mass is 19.1. The molecule has 0 aliphatic heterocycles. The summed E-state index contributed by atoms with van der Waals surface area (Å²) in [6.07, 6.45) is 0. The lowest BCUT2D eigenvalue weighted by molar-refractivity contribution is 0.0951. The largest absolute Gasteiger partial charge is 0.473 e. The molecule has 0 aliphatic carbocycles. The minimum atomic E-state index is -0.696. The summed E-state index contributed by atoms with van der Waals surface area (Å²) in [5.74, 6) is -0.160. The number of fused-ring (bicyclic) bond motifs is 1. The van der Waals surface area contributed by atoms with E-state index in [1.165, 1.54) is 22.7 Å². The highest BCUT2D eigenvalue weighted by molar-refractivity contribution is 6.02. The molecule has 3 heterocycles. The van der Waals surface area contributed by atoms with Crippen LogP contribution in [0.1, 0.15) is 44.7 Å². The molecule has 0 radical (unpaired) electrons. The van der Waals surface area contributed by atoms with Crippen molar-refractivity contribution >= 4 is 11.4 Å². The van der Waals surface area contributed by atoms with Gasteiger partial charge in [0.2, 0.25) is 5.88 Å². The Labute approximate surface area is 189 Å². The fraction of sp³-hybridized carbons (Fsp3) is 0.250. The first-order valence-electron chi connectivity index (χ1n) is 10.4. The van der Waals surface area contributed by atoms with Gasteiger partial charge in [0.25, 0.3) is 5.91 Å². The zero-order valence-electron chi connectivity index (χ0n) is 18.5. The molecule has 33 heavy (non-hydrogen) atoms. The normalized spacial score (nSPS) is 12.2. The molecule has 1 aromatic carbocycles. The van der Waals surface area contributed by atoms with E-state index in [-0.39, 0.29) is 30.5 Å². The number of halogens is 2. The molecular formula is C24H24F2N4O3. The Bertz CT molecular complexity index is 1310. The zero-order chi connectivity index (χ0) is 23.7. The molecule has 9 heteroatoms. The maximum Gasteiger partial charge on any atom is 0.255 e. The summed E-state index contributed by atoms with van der Waals surface area (Å²) in [6, 6.07) is 10.2. The third-order valence-corrected chi connectivity index (χ3v) is 5.28. The number of hydrogen-bond acceptors (Lipinski definition) is 5. The van der Waals surface area contributed by atoms with Crippen molar-refractivity contribution < 1.29 is 22.7 Å². The zero-order valence-corrected chi connectivity index (χ0v) is 18.5. The Morgan fingerprint density at radius 2 is 1.91 bits per heavy atom. The summed E-state index contributed by atoms with van der Waals surface area (Å²) in [5, 5.41) is 7.23. The number of aromatic nitrogens is 2. The Kier molecular flexibility index (Phi) is 6.15. The summed E-state index contributed by atoms with van der Waals surface area (Å²) < 4.78 is 40.6. The number of nitrogens with two attached hydrogens (primary N) is 1. The van der Waals surface area contributed by atoms with E-state index in [4.69, 9.17) is 14.9 Å². The molecule has 1 amide bonds. The van der Waals surface area contributed by atoms with Crippen molar-refractivity contribution in [1.82, 2.24) is 14.9 Å². The first-order chi connectivity index (χ1) is 15.7. The second-order valence-corrected chi connectivity index (χ2v) is 7.88. The lowest BCUT2D eigenvalue weighted by Crippen LogP contribution is -2.32. The Morgan fingerprint density at radius 1 is 1.18 bits per heavy atom. The number of furan rings is 1. The molecule has 3 N–H and O–H groups in total. The minimum Gasteiger partial charge on any atom is -0.473 e. The van der Waals surface area contributed by atoms with Crippen LogP contribution in [0.15, 0.2) is 46.9 Å². The van der Waals surface area contributed by atoms with Gasteiger partial charge in [0, 0.05) is 12.6 Å². The van der Waals surface area contributed by atoms with Crippen molar-refractivity contribution in [3.8, 4) is 5.88 Å². The second-order valence-electron chi connectivity index (χ2n) is 7.88. The number of nitrogens with one attached hydrogen (secondary N) is 1. The third kappa shape index (κ3) is 4.58. The Hall–Kier alpha value is -3.72. The maximum atomic E-state index is 14.0. The van der Waals surface area contributed by atoms with E-state index >= 15 is 0 Å². The number of pyridine rings is 1. The molecule has 0 spiro atoms. The van der Waals surface area contributed by atoms with Crippen LogP contribution in [0.5, 0.6) is 5.88 Å². The first kappa shape index (κ1) is 22.5. The average Bonchev–Trinajstić information content (AvgIpc) is 3.34. The number of carbonyl (C=O) groups excluding carboxylic acids is 1. The van der Waals surface area contributed by atoms with Gasteiger partial charge in [-0.3, -0.25) is 4.79 Å². The van der Waals surface area contributed by atoms with Crippen LogP contribution in [-0.4, -0.2) is 22.1 Å². The van der Waals surface area contributed by atoms with E-state index in [1.807, 2.05) is 19.9 Å². The van der Waals surface area contributed by atoms with Gasteiger partial charge in [0.05, 0.1) is 28.4 Å². The predicted octanol–water partition coefficient (Wildman–Crippen LogP) is 4.14.